The lowest BCUT2D eigenvalue weighted by Crippen LogP contribution is -2.30. The van der Waals surface area contributed by atoms with Crippen molar-refractivity contribution in [2.24, 2.45) is 0 Å². The molecule has 0 aliphatic carbocycles. The predicted molar refractivity (Wildman–Crippen MR) is 81.0 cm³/mol. The number of carbonyl (C=O) groups excluding carboxylic acids is 1. The number of nitrogens with one attached hydrogen (secondary N) is 1. The van der Waals surface area contributed by atoms with Gasteiger partial charge in [0.2, 0.25) is 0 Å². The highest BCUT2D eigenvalue weighted by atomic mass is 19.1. The molecule has 1 atom stereocenters. The average molecular weight is 287 g/mol. The fraction of sp³-hybridized carbons (Fsp3) is 0.235. The Bertz CT molecular complexity index is 655. The van der Waals surface area contributed by atoms with Crippen LogP contribution >= 0.6 is 0 Å². The van der Waals surface area contributed by atoms with E-state index in [0.717, 1.165) is 11.1 Å². The van der Waals surface area contributed by atoms with E-state index < -0.39 is 11.9 Å². The Kier molecular flexibility index (Phi) is 4.58. The molecular weight excluding hydrogens is 269 g/mol. The Balaban J connectivity index is 2.04. The van der Waals surface area contributed by atoms with E-state index in [2.05, 4.69) is 5.32 Å². The van der Waals surface area contributed by atoms with Gasteiger partial charge in [0.25, 0.3) is 5.91 Å². The van der Waals surface area contributed by atoms with Gasteiger partial charge in [-0.25, -0.2) is 4.39 Å². The molecule has 4 heteroatoms. The first-order chi connectivity index (χ1) is 9.95. The van der Waals surface area contributed by atoms with Gasteiger partial charge in [-0.3, -0.25) is 4.79 Å². The van der Waals surface area contributed by atoms with Crippen LogP contribution in [0.15, 0.2) is 42.5 Å². The molecule has 0 saturated carbocycles. The van der Waals surface area contributed by atoms with Gasteiger partial charge in [0.15, 0.2) is 6.10 Å². The summed E-state index contributed by atoms with van der Waals surface area (Å²) in [5.41, 5.74) is 2.44. The van der Waals surface area contributed by atoms with E-state index in [1.54, 1.807) is 19.1 Å². The summed E-state index contributed by atoms with van der Waals surface area (Å²) in [7, 11) is 0. The number of hydrogen-bond acceptors (Lipinski definition) is 2. The standard InChI is InChI=1S/C17H18FNO2/c1-11-7-8-12(2)16(9-11)21-13(3)17(20)19-15-6-4-5-14(18)10-15/h4-10,13H,1-3H3,(H,19,20). The van der Waals surface area contributed by atoms with Crippen molar-refractivity contribution in [1.29, 1.82) is 0 Å². The second-order valence-electron chi connectivity index (χ2n) is 5.03. The monoisotopic (exact) mass is 287 g/mol. The zero-order valence-corrected chi connectivity index (χ0v) is 12.3. The second-order valence-corrected chi connectivity index (χ2v) is 5.03. The van der Waals surface area contributed by atoms with Crippen molar-refractivity contribution in [3.63, 3.8) is 0 Å². The average Bonchev–Trinajstić information content (AvgIpc) is 2.43. The van der Waals surface area contributed by atoms with Crippen LogP contribution in [0.3, 0.4) is 0 Å². The number of rotatable bonds is 4. The minimum absolute atomic E-state index is 0.318. The lowest BCUT2D eigenvalue weighted by Gasteiger charge is -2.16. The van der Waals surface area contributed by atoms with Crippen LogP contribution in [-0.2, 0) is 4.79 Å². The van der Waals surface area contributed by atoms with Crippen molar-refractivity contribution >= 4 is 11.6 Å². The van der Waals surface area contributed by atoms with Crippen molar-refractivity contribution in [2.45, 2.75) is 26.9 Å². The first-order valence-corrected chi connectivity index (χ1v) is 6.76. The summed E-state index contributed by atoms with van der Waals surface area (Å²) >= 11 is 0. The molecule has 3 nitrogen and oxygen atoms in total. The fourth-order valence-electron chi connectivity index (χ4n) is 1.89. The first-order valence-electron chi connectivity index (χ1n) is 6.76. The molecular formula is C17H18FNO2. The third kappa shape index (κ3) is 4.05. The molecule has 0 bridgehead atoms. The third-order valence-electron chi connectivity index (χ3n) is 3.11. The van der Waals surface area contributed by atoms with Gasteiger partial charge in [-0.05, 0) is 56.2 Å². The molecule has 0 aliphatic rings. The normalized spacial score (nSPS) is 11.8. The lowest BCUT2D eigenvalue weighted by molar-refractivity contribution is -0.122. The van der Waals surface area contributed by atoms with E-state index in [9.17, 15) is 9.18 Å². The zero-order chi connectivity index (χ0) is 15.4. The number of carbonyl (C=O) groups is 1. The molecule has 0 radical (unpaired) electrons. The Morgan fingerprint density at radius 3 is 2.67 bits per heavy atom. The number of hydrogen-bond donors (Lipinski definition) is 1. The maximum atomic E-state index is 13.1. The number of benzene rings is 2. The third-order valence-corrected chi connectivity index (χ3v) is 3.11. The van der Waals surface area contributed by atoms with E-state index in [-0.39, 0.29) is 5.91 Å². The molecule has 2 rings (SSSR count). The Morgan fingerprint density at radius 1 is 1.19 bits per heavy atom. The highest BCUT2D eigenvalue weighted by Gasteiger charge is 2.16. The van der Waals surface area contributed by atoms with Crippen molar-refractivity contribution in [3.05, 3.63) is 59.4 Å². The summed E-state index contributed by atoms with van der Waals surface area (Å²) in [6.07, 6.45) is -0.672. The van der Waals surface area contributed by atoms with Crippen molar-refractivity contribution in [3.8, 4) is 5.75 Å². The fourth-order valence-corrected chi connectivity index (χ4v) is 1.89. The van der Waals surface area contributed by atoms with E-state index in [0.29, 0.717) is 11.4 Å². The summed E-state index contributed by atoms with van der Waals surface area (Å²) in [5.74, 6) is -0.0331. The summed E-state index contributed by atoms with van der Waals surface area (Å²) in [6.45, 7) is 5.55. The maximum absolute atomic E-state index is 13.1. The maximum Gasteiger partial charge on any atom is 0.265 e. The van der Waals surface area contributed by atoms with Gasteiger partial charge in [-0.15, -0.1) is 0 Å². The molecule has 0 heterocycles. The SMILES string of the molecule is Cc1ccc(C)c(OC(C)C(=O)Nc2cccc(F)c2)c1. The molecule has 110 valence electrons. The summed E-state index contributed by atoms with van der Waals surface area (Å²) < 4.78 is 18.8. The summed E-state index contributed by atoms with van der Waals surface area (Å²) in [6, 6.07) is 11.6. The van der Waals surface area contributed by atoms with Crippen molar-refractivity contribution in [2.75, 3.05) is 5.32 Å². The van der Waals surface area contributed by atoms with Crippen molar-refractivity contribution in [1.82, 2.24) is 0 Å². The van der Waals surface area contributed by atoms with E-state index >= 15 is 0 Å². The minimum Gasteiger partial charge on any atom is -0.481 e. The molecule has 1 unspecified atom stereocenters. The van der Waals surface area contributed by atoms with Gasteiger partial charge in [-0.2, -0.15) is 0 Å². The Labute approximate surface area is 123 Å². The molecule has 2 aromatic carbocycles. The van der Waals surface area contributed by atoms with Crippen LogP contribution in [0.2, 0.25) is 0 Å². The highest BCUT2D eigenvalue weighted by Crippen LogP contribution is 2.21. The highest BCUT2D eigenvalue weighted by molar-refractivity contribution is 5.94. The van der Waals surface area contributed by atoms with Crippen LogP contribution in [0.5, 0.6) is 5.75 Å². The number of ether oxygens (including phenoxy) is 1. The summed E-state index contributed by atoms with van der Waals surface area (Å²) in [4.78, 5) is 12.1. The number of anilines is 1. The smallest absolute Gasteiger partial charge is 0.265 e. The van der Waals surface area contributed by atoms with E-state index in [1.165, 1.54) is 12.1 Å². The molecule has 0 saturated heterocycles. The van der Waals surface area contributed by atoms with Gasteiger partial charge < -0.3 is 10.1 Å². The van der Waals surface area contributed by atoms with Crippen LogP contribution < -0.4 is 10.1 Å². The van der Waals surface area contributed by atoms with Gasteiger partial charge in [0, 0.05) is 5.69 Å². The molecule has 0 aliphatic heterocycles. The van der Waals surface area contributed by atoms with Gasteiger partial charge in [-0.1, -0.05) is 18.2 Å². The van der Waals surface area contributed by atoms with Crippen molar-refractivity contribution < 1.29 is 13.9 Å². The van der Waals surface area contributed by atoms with Gasteiger partial charge in [0.1, 0.15) is 11.6 Å². The topological polar surface area (TPSA) is 38.3 Å². The number of amides is 1. The lowest BCUT2D eigenvalue weighted by atomic mass is 10.1. The molecule has 0 aromatic heterocycles. The molecule has 0 spiro atoms. The number of halogens is 1. The largest absolute Gasteiger partial charge is 0.481 e. The van der Waals surface area contributed by atoms with Gasteiger partial charge >= 0.3 is 0 Å². The van der Waals surface area contributed by atoms with Crippen LogP contribution in [-0.4, -0.2) is 12.0 Å². The molecule has 0 fully saturated rings. The minimum atomic E-state index is -0.672. The predicted octanol–water partition coefficient (Wildman–Crippen LogP) is 3.85. The molecule has 1 amide bonds. The van der Waals surface area contributed by atoms with Crippen LogP contribution in [0.25, 0.3) is 0 Å². The zero-order valence-electron chi connectivity index (χ0n) is 12.3. The van der Waals surface area contributed by atoms with E-state index in [1.807, 2.05) is 32.0 Å². The van der Waals surface area contributed by atoms with Gasteiger partial charge in [0.05, 0.1) is 0 Å². The molecule has 1 N–H and O–H groups in total. The van der Waals surface area contributed by atoms with Crippen LogP contribution in [0.1, 0.15) is 18.1 Å². The molecule has 2 aromatic rings. The number of aryl methyl sites for hydroxylation is 2. The van der Waals surface area contributed by atoms with E-state index in [4.69, 9.17) is 4.74 Å². The second kappa shape index (κ2) is 6.39. The molecule has 21 heavy (non-hydrogen) atoms. The van der Waals surface area contributed by atoms with Crippen LogP contribution in [0, 0.1) is 19.7 Å². The Hall–Kier alpha value is -2.36. The Morgan fingerprint density at radius 2 is 1.95 bits per heavy atom. The summed E-state index contributed by atoms with van der Waals surface area (Å²) in [5, 5.41) is 2.63. The quantitative estimate of drug-likeness (QED) is 0.927. The van der Waals surface area contributed by atoms with Crippen LogP contribution in [0.4, 0.5) is 10.1 Å². The first kappa shape index (κ1) is 15.0.